The molecule has 1 aromatic heterocycles. The van der Waals surface area contributed by atoms with Crippen LogP contribution in [0.25, 0.3) is 0 Å². The fraction of sp³-hybridized carbons (Fsp3) is 0.727. The molecule has 0 radical (unpaired) electrons. The van der Waals surface area contributed by atoms with E-state index in [2.05, 4.69) is 29.9 Å². The molecular weight excluding hydrogens is 174 g/mol. The summed E-state index contributed by atoms with van der Waals surface area (Å²) in [6, 6.07) is 3.37. The molecule has 0 saturated carbocycles. The topological polar surface area (TPSA) is 21.1 Å². The Hall–Kier alpha value is -0.830. The molecule has 1 fully saturated rings. The Morgan fingerprint density at radius 3 is 2.86 bits per heavy atom. The lowest BCUT2D eigenvalue weighted by Crippen LogP contribution is -2.31. The number of hydrogen-bond donors (Lipinski definition) is 0. The molecule has 3 heteroatoms. The van der Waals surface area contributed by atoms with Gasteiger partial charge in [0, 0.05) is 19.3 Å². The van der Waals surface area contributed by atoms with E-state index >= 15 is 0 Å². The second kappa shape index (κ2) is 3.73. The average Bonchev–Trinajstić information content (AvgIpc) is 2.70. The Labute approximate surface area is 85.7 Å². The number of aromatic nitrogens is 2. The molecule has 0 aromatic carbocycles. The quantitative estimate of drug-likeness (QED) is 0.716. The van der Waals surface area contributed by atoms with Crippen LogP contribution in [0.5, 0.6) is 0 Å². The molecule has 1 aromatic rings. The first-order valence-electron chi connectivity index (χ1n) is 5.44. The van der Waals surface area contributed by atoms with Crippen molar-refractivity contribution in [2.75, 3.05) is 6.54 Å². The average molecular weight is 193 g/mol. The van der Waals surface area contributed by atoms with E-state index in [4.69, 9.17) is 0 Å². The maximum atomic E-state index is 4.24. The van der Waals surface area contributed by atoms with Gasteiger partial charge in [0.2, 0.25) is 0 Å². The lowest BCUT2D eigenvalue weighted by Gasteiger charge is -2.28. The highest BCUT2D eigenvalue weighted by molar-refractivity contribution is 5.09. The summed E-state index contributed by atoms with van der Waals surface area (Å²) in [5, 5.41) is 4.24. The molecule has 1 unspecified atom stereocenters. The third-order valence-corrected chi connectivity index (χ3v) is 3.16. The molecule has 1 aliphatic heterocycles. The maximum absolute atomic E-state index is 4.24. The number of aryl methyl sites for hydroxylation is 1. The van der Waals surface area contributed by atoms with Gasteiger partial charge in [0.1, 0.15) is 0 Å². The number of likely N-dealkylation sites (tertiary alicyclic amines) is 1. The normalized spacial score (nSPS) is 23.6. The van der Waals surface area contributed by atoms with Gasteiger partial charge in [-0.3, -0.25) is 9.58 Å². The first-order valence-corrected chi connectivity index (χ1v) is 5.44. The summed E-state index contributed by atoms with van der Waals surface area (Å²) >= 11 is 0. The van der Waals surface area contributed by atoms with E-state index < -0.39 is 0 Å². The van der Waals surface area contributed by atoms with Crippen LogP contribution in [0.4, 0.5) is 0 Å². The van der Waals surface area contributed by atoms with Crippen LogP contribution in [0.1, 0.15) is 38.4 Å². The minimum absolute atomic E-state index is 0.586. The number of nitrogens with zero attached hydrogens (tertiary/aromatic N) is 3. The van der Waals surface area contributed by atoms with Crippen LogP contribution in [0.3, 0.4) is 0 Å². The first-order chi connectivity index (χ1) is 6.70. The Morgan fingerprint density at radius 1 is 1.50 bits per heavy atom. The molecule has 78 valence electrons. The molecule has 0 aliphatic carbocycles. The molecule has 14 heavy (non-hydrogen) atoms. The minimum atomic E-state index is 0.586. The summed E-state index contributed by atoms with van der Waals surface area (Å²) < 4.78 is 2.01. The highest BCUT2D eigenvalue weighted by atomic mass is 15.3. The minimum Gasteiger partial charge on any atom is -0.292 e. The van der Waals surface area contributed by atoms with Crippen LogP contribution in [0.2, 0.25) is 0 Å². The molecule has 1 aliphatic rings. The Kier molecular flexibility index (Phi) is 2.59. The Balaban J connectivity index is 2.22. The van der Waals surface area contributed by atoms with E-state index in [9.17, 15) is 0 Å². The van der Waals surface area contributed by atoms with E-state index in [1.54, 1.807) is 0 Å². The van der Waals surface area contributed by atoms with Gasteiger partial charge in [0.25, 0.3) is 0 Å². The summed E-state index contributed by atoms with van der Waals surface area (Å²) in [7, 11) is 2.03. The molecular formula is C11H19N3. The molecule has 2 rings (SSSR count). The second-order valence-corrected chi connectivity index (χ2v) is 4.37. The van der Waals surface area contributed by atoms with Crippen molar-refractivity contribution >= 4 is 0 Å². The molecule has 0 amide bonds. The lowest BCUT2D eigenvalue weighted by molar-refractivity contribution is 0.198. The van der Waals surface area contributed by atoms with Crippen molar-refractivity contribution in [2.24, 2.45) is 7.05 Å². The zero-order valence-electron chi connectivity index (χ0n) is 9.27. The van der Waals surface area contributed by atoms with Crippen molar-refractivity contribution in [1.82, 2.24) is 14.7 Å². The van der Waals surface area contributed by atoms with Crippen molar-refractivity contribution in [3.8, 4) is 0 Å². The van der Waals surface area contributed by atoms with Crippen LogP contribution in [-0.2, 0) is 7.05 Å². The van der Waals surface area contributed by atoms with Crippen LogP contribution >= 0.6 is 0 Å². The van der Waals surface area contributed by atoms with Gasteiger partial charge in [-0.15, -0.1) is 0 Å². The zero-order valence-corrected chi connectivity index (χ0v) is 9.27. The Morgan fingerprint density at radius 2 is 2.29 bits per heavy atom. The van der Waals surface area contributed by atoms with Crippen LogP contribution in [0.15, 0.2) is 12.3 Å². The van der Waals surface area contributed by atoms with Gasteiger partial charge >= 0.3 is 0 Å². The van der Waals surface area contributed by atoms with Gasteiger partial charge in [-0.1, -0.05) is 0 Å². The fourth-order valence-electron chi connectivity index (χ4n) is 2.44. The third kappa shape index (κ3) is 1.57. The molecule has 0 spiro atoms. The summed E-state index contributed by atoms with van der Waals surface area (Å²) in [5.41, 5.74) is 1.36. The number of rotatable bonds is 2. The van der Waals surface area contributed by atoms with Crippen molar-refractivity contribution in [3.63, 3.8) is 0 Å². The van der Waals surface area contributed by atoms with Crippen LogP contribution in [0, 0.1) is 0 Å². The predicted molar refractivity (Wildman–Crippen MR) is 57.0 cm³/mol. The Bertz CT molecular complexity index is 303. The second-order valence-electron chi connectivity index (χ2n) is 4.37. The SMILES string of the molecule is CC(C)N1CCCC1c1ccnn1C. The van der Waals surface area contributed by atoms with E-state index in [1.807, 2.05) is 17.9 Å². The van der Waals surface area contributed by atoms with Gasteiger partial charge in [-0.25, -0.2) is 0 Å². The van der Waals surface area contributed by atoms with Gasteiger partial charge < -0.3 is 0 Å². The first kappa shape index (κ1) is 9.71. The standard InChI is InChI=1S/C11H19N3/c1-9(2)14-8-4-5-11(14)10-6-7-12-13(10)3/h6-7,9,11H,4-5,8H2,1-3H3. The largest absolute Gasteiger partial charge is 0.292 e. The highest BCUT2D eigenvalue weighted by Gasteiger charge is 2.29. The van der Waals surface area contributed by atoms with Gasteiger partial charge in [-0.2, -0.15) is 5.10 Å². The smallest absolute Gasteiger partial charge is 0.0552 e. The van der Waals surface area contributed by atoms with Crippen molar-refractivity contribution < 1.29 is 0 Å². The molecule has 0 N–H and O–H groups in total. The summed E-state index contributed by atoms with van der Waals surface area (Å²) in [4.78, 5) is 2.57. The zero-order chi connectivity index (χ0) is 10.1. The third-order valence-electron chi connectivity index (χ3n) is 3.16. The molecule has 3 nitrogen and oxygen atoms in total. The fourth-order valence-corrected chi connectivity index (χ4v) is 2.44. The van der Waals surface area contributed by atoms with E-state index in [1.165, 1.54) is 25.1 Å². The maximum Gasteiger partial charge on any atom is 0.0552 e. The van der Waals surface area contributed by atoms with Crippen molar-refractivity contribution in [3.05, 3.63) is 18.0 Å². The molecule has 1 atom stereocenters. The van der Waals surface area contributed by atoms with Gasteiger partial charge in [-0.05, 0) is 39.3 Å². The molecule has 2 heterocycles. The summed E-state index contributed by atoms with van der Waals surface area (Å²) in [6.45, 7) is 5.77. The monoisotopic (exact) mass is 193 g/mol. The highest BCUT2D eigenvalue weighted by Crippen LogP contribution is 2.32. The van der Waals surface area contributed by atoms with Gasteiger partial charge in [0.05, 0.1) is 11.7 Å². The molecule has 1 saturated heterocycles. The van der Waals surface area contributed by atoms with E-state index in [0.29, 0.717) is 12.1 Å². The van der Waals surface area contributed by atoms with E-state index in [0.717, 1.165) is 0 Å². The predicted octanol–water partition coefficient (Wildman–Crippen LogP) is 1.97. The van der Waals surface area contributed by atoms with Crippen LogP contribution < -0.4 is 0 Å². The molecule has 0 bridgehead atoms. The lowest BCUT2D eigenvalue weighted by atomic mass is 10.1. The van der Waals surface area contributed by atoms with E-state index in [-0.39, 0.29) is 0 Å². The summed E-state index contributed by atoms with van der Waals surface area (Å²) in [6.07, 6.45) is 4.48. The number of hydrogen-bond acceptors (Lipinski definition) is 2. The van der Waals surface area contributed by atoms with Gasteiger partial charge in [0.15, 0.2) is 0 Å². The summed E-state index contributed by atoms with van der Waals surface area (Å²) in [5.74, 6) is 0. The van der Waals surface area contributed by atoms with Crippen molar-refractivity contribution in [1.29, 1.82) is 0 Å². The van der Waals surface area contributed by atoms with Crippen LogP contribution in [-0.4, -0.2) is 27.3 Å². The van der Waals surface area contributed by atoms with Crippen molar-refractivity contribution in [2.45, 2.75) is 38.8 Å².